The first kappa shape index (κ1) is 20.6. The molecule has 1 saturated carbocycles. The Kier molecular flexibility index (Phi) is 6.96. The van der Waals surface area contributed by atoms with E-state index in [9.17, 15) is 17.6 Å². The SMILES string of the molecule is CO[C@H]1CC[C@H]2[C@H]1OCCN2Cc1ccccc1F.O=C(O)C(F)(F)F. The molecule has 1 saturated heterocycles. The van der Waals surface area contributed by atoms with Crippen LogP contribution in [-0.2, 0) is 20.8 Å². The van der Waals surface area contributed by atoms with Gasteiger partial charge in [0.1, 0.15) is 5.82 Å². The number of benzene rings is 1. The van der Waals surface area contributed by atoms with Gasteiger partial charge in [-0.2, -0.15) is 13.2 Å². The van der Waals surface area contributed by atoms with E-state index in [-0.39, 0.29) is 18.0 Å². The molecule has 146 valence electrons. The zero-order chi connectivity index (χ0) is 19.3. The molecule has 1 heterocycles. The maximum Gasteiger partial charge on any atom is 0.490 e. The molecule has 0 aromatic heterocycles. The summed E-state index contributed by atoms with van der Waals surface area (Å²) in [6.07, 6.45) is -2.66. The molecule has 1 aromatic rings. The second-order valence-electron chi connectivity index (χ2n) is 6.12. The van der Waals surface area contributed by atoms with Crippen molar-refractivity contribution in [3.05, 3.63) is 35.6 Å². The van der Waals surface area contributed by atoms with E-state index in [1.54, 1.807) is 13.2 Å². The Morgan fingerprint density at radius 3 is 2.58 bits per heavy atom. The van der Waals surface area contributed by atoms with Gasteiger partial charge in [-0.1, -0.05) is 18.2 Å². The molecule has 3 atom stereocenters. The molecule has 9 heteroatoms. The first-order valence-electron chi connectivity index (χ1n) is 8.16. The van der Waals surface area contributed by atoms with Gasteiger partial charge < -0.3 is 14.6 Å². The number of hydrogen-bond donors (Lipinski definition) is 1. The summed E-state index contributed by atoms with van der Waals surface area (Å²) in [5.74, 6) is -2.88. The molecule has 1 aliphatic heterocycles. The van der Waals surface area contributed by atoms with Crippen molar-refractivity contribution >= 4 is 5.97 Å². The first-order chi connectivity index (χ1) is 12.2. The van der Waals surface area contributed by atoms with Crippen LogP contribution in [0.2, 0.25) is 0 Å². The van der Waals surface area contributed by atoms with Gasteiger partial charge in [-0.3, -0.25) is 4.90 Å². The number of carboxylic acid groups (broad SMARTS) is 1. The van der Waals surface area contributed by atoms with Gasteiger partial charge >= 0.3 is 12.1 Å². The van der Waals surface area contributed by atoms with Gasteiger partial charge in [-0.15, -0.1) is 0 Å². The monoisotopic (exact) mass is 379 g/mol. The molecule has 1 N–H and O–H groups in total. The minimum atomic E-state index is -5.08. The number of carbonyl (C=O) groups is 1. The maximum atomic E-state index is 13.7. The molecule has 1 aromatic carbocycles. The van der Waals surface area contributed by atoms with E-state index < -0.39 is 12.1 Å². The van der Waals surface area contributed by atoms with E-state index in [1.165, 1.54) is 6.07 Å². The number of halogens is 4. The van der Waals surface area contributed by atoms with Crippen molar-refractivity contribution in [1.82, 2.24) is 4.90 Å². The van der Waals surface area contributed by atoms with Crippen molar-refractivity contribution in [2.45, 2.75) is 43.8 Å². The molecular weight excluding hydrogens is 358 g/mol. The molecule has 0 bridgehead atoms. The van der Waals surface area contributed by atoms with Crippen LogP contribution in [0.5, 0.6) is 0 Å². The summed E-state index contributed by atoms with van der Waals surface area (Å²) in [5.41, 5.74) is 0.768. The average Bonchev–Trinajstić information content (AvgIpc) is 3.01. The molecule has 0 spiro atoms. The Morgan fingerprint density at radius 1 is 1.35 bits per heavy atom. The fraction of sp³-hybridized carbons (Fsp3) is 0.588. The van der Waals surface area contributed by atoms with E-state index in [1.807, 2.05) is 12.1 Å². The van der Waals surface area contributed by atoms with Crippen LogP contribution >= 0.6 is 0 Å². The predicted molar refractivity (Wildman–Crippen MR) is 84.1 cm³/mol. The number of hydrogen-bond acceptors (Lipinski definition) is 4. The molecule has 5 nitrogen and oxygen atoms in total. The fourth-order valence-electron chi connectivity index (χ4n) is 3.29. The quantitative estimate of drug-likeness (QED) is 0.819. The zero-order valence-electron chi connectivity index (χ0n) is 14.2. The van der Waals surface area contributed by atoms with Crippen LogP contribution in [0.4, 0.5) is 17.6 Å². The Morgan fingerprint density at radius 2 is 2.00 bits per heavy atom. The van der Waals surface area contributed by atoms with E-state index in [4.69, 9.17) is 19.4 Å². The van der Waals surface area contributed by atoms with Crippen molar-refractivity contribution < 1.29 is 36.9 Å². The summed E-state index contributed by atoms with van der Waals surface area (Å²) >= 11 is 0. The van der Waals surface area contributed by atoms with Gasteiger partial charge in [0, 0.05) is 31.8 Å². The summed E-state index contributed by atoms with van der Waals surface area (Å²) < 4.78 is 56.8. The normalized spacial score (nSPS) is 26.0. The number of ether oxygens (including phenoxy) is 2. The van der Waals surface area contributed by atoms with Crippen molar-refractivity contribution in [1.29, 1.82) is 0 Å². The number of nitrogens with zero attached hydrogens (tertiary/aromatic N) is 1. The maximum absolute atomic E-state index is 13.7. The van der Waals surface area contributed by atoms with Gasteiger partial charge in [0.05, 0.1) is 18.8 Å². The van der Waals surface area contributed by atoms with E-state index >= 15 is 0 Å². The summed E-state index contributed by atoms with van der Waals surface area (Å²) in [4.78, 5) is 11.2. The first-order valence-corrected chi connectivity index (χ1v) is 8.16. The second kappa shape index (κ2) is 8.79. The highest BCUT2D eigenvalue weighted by Crippen LogP contribution is 2.32. The highest BCUT2D eigenvalue weighted by Gasteiger charge is 2.42. The largest absolute Gasteiger partial charge is 0.490 e. The fourth-order valence-corrected chi connectivity index (χ4v) is 3.29. The molecule has 3 rings (SSSR count). The van der Waals surface area contributed by atoms with Crippen LogP contribution in [0.3, 0.4) is 0 Å². The average molecular weight is 379 g/mol. The predicted octanol–water partition coefficient (Wildman–Crippen LogP) is 2.84. The zero-order valence-corrected chi connectivity index (χ0v) is 14.2. The molecule has 0 unspecified atom stereocenters. The Bertz CT molecular complexity index is 611. The summed E-state index contributed by atoms with van der Waals surface area (Å²) in [5, 5.41) is 7.12. The third kappa shape index (κ3) is 5.15. The summed E-state index contributed by atoms with van der Waals surface area (Å²) in [6, 6.07) is 7.38. The van der Waals surface area contributed by atoms with Crippen LogP contribution < -0.4 is 0 Å². The third-order valence-electron chi connectivity index (χ3n) is 4.53. The lowest BCUT2D eigenvalue weighted by Crippen LogP contribution is -2.51. The van der Waals surface area contributed by atoms with E-state index in [2.05, 4.69) is 4.90 Å². The number of morpholine rings is 1. The number of carboxylic acids is 1. The molecule has 2 aliphatic rings. The van der Waals surface area contributed by atoms with Crippen LogP contribution in [0.25, 0.3) is 0 Å². The number of alkyl halides is 3. The molecule has 0 amide bonds. The lowest BCUT2D eigenvalue weighted by molar-refractivity contribution is -0.192. The van der Waals surface area contributed by atoms with Crippen LogP contribution in [-0.4, -0.2) is 60.7 Å². The minimum absolute atomic E-state index is 0.119. The highest BCUT2D eigenvalue weighted by atomic mass is 19.4. The number of aliphatic carboxylic acids is 1. The van der Waals surface area contributed by atoms with Crippen molar-refractivity contribution in [3.8, 4) is 0 Å². The molecular formula is C17H21F4NO4. The number of fused-ring (bicyclic) bond motifs is 1. The Labute approximate surface area is 148 Å². The molecule has 2 fully saturated rings. The molecule has 0 radical (unpaired) electrons. The van der Waals surface area contributed by atoms with Gasteiger partial charge in [0.25, 0.3) is 0 Å². The Balaban J connectivity index is 0.000000298. The van der Waals surface area contributed by atoms with Crippen molar-refractivity contribution in [2.24, 2.45) is 0 Å². The topological polar surface area (TPSA) is 59.0 Å². The van der Waals surface area contributed by atoms with Crippen LogP contribution in [0.15, 0.2) is 24.3 Å². The summed E-state index contributed by atoms with van der Waals surface area (Å²) in [6.45, 7) is 2.23. The lowest BCUT2D eigenvalue weighted by atomic mass is 10.1. The Hall–Kier alpha value is -1.71. The van der Waals surface area contributed by atoms with Crippen LogP contribution in [0.1, 0.15) is 18.4 Å². The minimum Gasteiger partial charge on any atom is -0.475 e. The standard InChI is InChI=1S/C15H20FNO2.C2HF3O2/c1-18-14-7-6-13-15(14)19-9-8-17(13)10-11-4-2-3-5-12(11)16;3-2(4,5)1(6)7/h2-5,13-15H,6-10H2,1H3;(H,6,7)/t13-,14-,15+;/m0./s1. The summed E-state index contributed by atoms with van der Waals surface area (Å²) in [7, 11) is 1.74. The van der Waals surface area contributed by atoms with Gasteiger partial charge in [0.2, 0.25) is 0 Å². The number of methoxy groups -OCH3 is 1. The lowest BCUT2D eigenvalue weighted by Gasteiger charge is -2.38. The second-order valence-corrected chi connectivity index (χ2v) is 6.12. The molecule has 1 aliphatic carbocycles. The van der Waals surface area contributed by atoms with E-state index in [0.29, 0.717) is 19.2 Å². The highest BCUT2D eigenvalue weighted by molar-refractivity contribution is 5.73. The van der Waals surface area contributed by atoms with Gasteiger partial charge in [-0.05, 0) is 18.9 Å². The van der Waals surface area contributed by atoms with Crippen LogP contribution in [0, 0.1) is 5.82 Å². The van der Waals surface area contributed by atoms with Crippen molar-refractivity contribution in [3.63, 3.8) is 0 Å². The van der Waals surface area contributed by atoms with Crippen molar-refractivity contribution in [2.75, 3.05) is 20.3 Å². The molecule has 26 heavy (non-hydrogen) atoms. The van der Waals surface area contributed by atoms with Gasteiger partial charge in [-0.25, -0.2) is 9.18 Å². The third-order valence-corrected chi connectivity index (χ3v) is 4.53. The smallest absolute Gasteiger partial charge is 0.475 e. The van der Waals surface area contributed by atoms with E-state index in [0.717, 1.165) is 24.9 Å². The van der Waals surface area contributed by atoms with Gasteiger partial charge in [0.15, 0.2) is 0 Å². The number of rotatable bonds is 3.